The van der Waals surface area contributed by atoms with E-state index in [1.54, 1.807) is 30.7 Å². The van der Waals surface area contributed by atoms with Gasteiger partial charge in [0.05, 0.1) is 24.2 Å². The van der Waals surface area contributed by atoms with Gasteiger partial charge in [-0.3, -0.25) is 4.79 Å². The quantitative estimate of drug-likeness (QED) is 0.468. The van der Waals surface area contributed by atoms with Crippen molar-refractivity contribution in [3.63, 3.8) is 0 Å². The number of carbonyl (C=O) groups is 2. The summed E-state index contributed by atoms with van der Waals surface area (Å²) in [5.74, 6) is -0.299. The lowest BCUT2D eigenvalue weighted by atomic mass is 10.0. The van der Waals surface area contributed by atoms with Gasteiger partial charge in [-0.25, -0.2) is 4.52 Å². The van der Waals surface area contributed by atoms with Crippen LogP contribution in [0.5, 0.6) is 5.88 Å². The fraction of sp³-hybridized carbons (Fsp3) is 0.357. The van der Waals surface area contributed by atoms with Crippen molar-refractivity contribution in [2.75, 3.05) is 7.11 Å². The molecule has 100 valence electrons. The fourth-order valence-corrected chi connectivity index (χ4v) is 1.94. The van der Waals surface area contributed by atoms with E-state index >= 15 is 0 Å². The van der Waals surface area contributed by atoms with E-state index < -0.39 is 5.92 Å². The third kappa shape index (κ3) is 2.23. The molecule has 2 aromatic heterocycles. The van der Waals surface area contributed by atoms with Gasteiger partial charge in [-0.05, 0) is 25.5 Å². The van der Waals surface area contributed by atoms with Crippen LogP contribution in [0, 0.1) is 5.92 Å². The number of fused-ring (bicyclic) bond motifs is 1. The lowest BCUT2D eigenvalue weighted by Gasteiger charge is -2.08. The Hall–Kier alpha value is -2.17. The van der Waals surface area contributed by atoms with Crippen molar-refractivity contribution in [1.29, 1.82) is 0 Å². The zero-order valence-electron chi connectivity index (χ0n) is 11.2. The van der Waals surface area contributed by atoms with Crippen molar-refractivity contribution < 1.29 is 14.3 Å². The molecule has 0 spiro atoms. The SMILES string of the molecule is CCc1cc2c(C(=O)C(C)C=O)ccc(OC)n2n1. The van der Waals surface area contributed by atoms with Gasteiger partial charge in [0.15, 0.2) is 5.78 Å². The third-order valence-corrected chi connectivity index (χ3v) is 3.09. The van der Waals surface area contributed by atoms with Gasteiger partial charge >= 0.3 is 0 Å². The number of Topliss-reactive ketones (excluding diaryl/α,β-unsaturated/α-hetero) is 1. The minimum atomic E-state index is -0.655. The van der Waals surface area contributed by atoms with Gasteiger partial charge in [0.25, 0.3) is 0 Å². The number of aldehydes is 1. The number of methoxy groups -OCH3 is 1. The highest BCUT2D eigenvalue weighted by Crippen LogP contribution is 2.22. The van der Waals surface area contributed by atoms with Gasteiger partial charge in [-0.2, -0.15) is 5.10 Å². The first-order valence-electron chi connectivity index (χ1n) is 6.17. The Labute approximate surface area is 111 Å². The van der Waals surface area contributed by atoms with E-state index in [4.69, 9.17) is 4.74 Å². The van der Waals surface area contributed by atoms with Gasteiger partial charge in [-0.1, -0.05) is 6.92 Å². The van der Waals surface area contributed by atoms with Crippen LogP contribution in [0.25, 0.3) is 5.52 Å². The summed E-state index contributed by atoms with van der Waals surface area (Å²) in [5, 5.41) is 4.38. The Morgan fingerprint density at radius 1 is 1.53 bits per heavy atom. The molecule has 0 amide bonds. The first-order chi connectivity index (χ1) is 9.12. The molecule has 19 heavy (non-hydrogen) atoms. The molecule has 1 unspecified atom stereocenters. The second kappa shape index (κ2) is 5.22. The number of ketones is 1. The Kier molecular flexibility index (Phi) is 3.64. The average Bonchev–Trinajstić information content (AvgIpc) is 2.88. The van der Waals surface area contributed by atoms with Crippen molar-refractivity contribution in [2.45, 2.75) is 20.3 Å². The number of aromatic nitrogens is 2. The standard InChI is InChI=1S/C14H16N2O3/c1-4-10-7-12-11(14(18)9(2)8-17)5-6-13(19-3)16(12)15-10/h5-9H,4H2,1-3H3. The number of carbonyl (C=O) groups excluding carboxylic acids is 2. The second-order valence-corrected chi connectivity index (χ2v) is 4.36. The van der Waals surface area contributed by atoms with Crippen molar-refractivity contribution >= 4 is 17.6 Å². The van der Waals surface area contributed by atoms with Crippen LogP contribution in [0.4, 0.5) is 0 Å². The smallest absolute Gasteiger partial charge is 0.214 e. The van der Waals surface area contributed by atoms with Crippen molar-refractivity contribution in [3.05, 3.63) is 29.5 Å². The molecular formula is C14H16N2O3. The molecule has 0 aliphatic carbocycles. The van der Waals surface area contributed by atoms with Crippen LogP contribution < -0.4 is 4.74 Å². The second-order valence-electron chi connectivity index (χ2n) is 4.36. The number of hydrogen-bond acceptors (Lipinski definition) is 4. The Bertz CT molecular complexity index is 631. The molecule has 0 aliphatic heterocycles. The highest BCUT2D eigenvalue weighted by Gasteiger charge is 2.19. The summed E-state index contributed by atoms with van der Waals surface area (Å²) in [6.07, 6.45) is 1.42. The molecule has 0 fully saturated rings. The van der Waals surface area contributed by atoms with Gasteiger partial charge < -0.3 is 9.53 Å². The largest absolute Gasteiger partial charge is 0.481 e. The van der Waals surface area contributed by atoms with E-state index in [1.807, 2.05) is 13.0 Å². The van der Waals surface area contributed by atoms with E-state index in [-0.39, 0.29) is 5.78 Å². The van der Waals surface area contributed by atoms with Crippen molar-refractivity contribution in [1.82, 2.24) is 9.61 Å². The molecule has 0 radical (unpaired) electrons. The molecule has 5 nitrogen and oxygen atoms in total. The molecule has 1 atom stereocenters. The predicted molar refractivity (Wildman–Crippen MR) is 70.7 cm³/mol. The lowest BCUT2D eigenvalue weighted by Crippen LogP contribution is -2.14. The monoisotopic (exact) mass is 260 g/mol. The van der Waals surface area contributed by atoms with Crippen LogP contribution in [-0.4, -0.2) is 28.8 Å². The number of rotatable bonds is 5. The Balaban J connectivity index is 2.65. The maximum absolute atomic E-state index is 12.2. The molecule has 0 aromatic carbocycles. The minimum absolute atomic E-state index is 0.204. The Morgan fingerprint density at radius 3 is 2.84 bits per heavy atom. The highest BCUT2D eigenvalue weighted by molar-refractivity contribution is 6.09. The third-order valence-electron chi connectivity index (χ3n) is 3.09. The number of hydrogen-bond donors (Lipinski definition) is 0. The van der Waals surface area contributed by atoms with Crippen molar-refractivity contribution in [3.8, 4) is 5.88 Å². The summed E-state index contributed by atoms with van der Waals surface area (Å²) in [6, 6.07) is 5.22. The van der Waals surface area contributed by atoms with Gasteiger partial charge in [0.1, 0.15) is 6.29 Å². The van der Waals surface area contributed by atoms with E-state index in [0.717, 1.165) is 12.1 Å². The molecule has 0 saturated heterocycles. The normalized spacial score (nSPS) is 12.4. The molecule has 0 N–H and O–H groups in total. The molecule has 5 heteroatoms. The van der Waals surface area contributed by atoms with E-state index in [9.17, 15) is 9.59 Å². The predicted octanol–water partition coefficient (Wildman–Crippen LogP) is 1.92. The molecule has 2 rings (SSSR count). The lowest BCUT2D eigenvalue weighted by molar-refractivity contribution is -0.109. The summed E-state index contributed by atoms with van der Waals surface area (Å²) in [4.78, 5) is 22.9. The van der Waals surface area contributed by atoms with E-state index in [1.165, 1.54) is 0 Å². The Morgan fingerprint density at radius 2 is 2.26 bits per heavy atom. The molecule has 2 heterocycles. The topological polar surface area (TPSA) is 60.7 Å². The van der Waals surface area contributed by atoms with Crippen LogP contribution in [0.2, 0.25) is 0 Å². The van der Waals surface area contributed by atoms with Crippen LogP contribution in [0.15, 0.2) is 18.2 Å². The van der Waals surface area contributed by atoms with Crippen LogP contribution in [0.3, 0.4) is 0 Å². The van der Waals surface area contributed by atoms with Crippen LogP contribution in [-0.2, 0) is 11.2 Å². The highest BCUT2D eigenvalue weighted by atomic mass is 16.5. The summed E-state index contributed by atoms with van der Waals surface area (Å²) >= 11 is 0. The molecule has 0 bridgehead atoms. The van der Waals surface area contributed by atoms with Gasteiger partial charge in [0.2, 0.25) is 5.88 Å². The number of aryl methyl sites for hydroxylation is 1. The number of ether oxygens (including phenoxy) is 1. The molecule has 0 aliphatic rings. The first-order valence-corrected chi connectivity index (χ1v) is 6.17. The van der Waals surface area contributed by atoms with Crippen LogP contribution in [0.1, 0.15) is 29.9 Å². The van der Waals surface area contributed by atoms with Gasteiger partial charge in [-0.15, -0.1) is 0 Å². The molecule has 0 saturated carbocycles. The van der Waals surface area contributed by atoms with Crippen LogP contribution >= 0.6 is 0 Å². The molecule has 2 aromatic rings. The van der Waals surface area contributed by atoms with Gasteiger partial charge in [0, 0.05) is 11.6 Å². The van der Waals surface area contributed by atoms with E-state index in [2.05, 4.69) is 5.10 Å². The van der Waals surface area contributed by atoms with E-state index in [0.29, 0.717) is 23.2 Å². The first kappa shape index (κ1) is 13.3. The number of nitrogens with zero attached hydrogens (tertiary/aromatic N) is 2. The maximum Gasteiger partial charge on any atom is 0.214 e. The fourth-order valence-electron chi connectivity index (χ4n) is 1.94. The zero-order chi connectivity index (χ0) is 14.0. The summed E-state index contributed by atoms with van der Waals surface area (Å²) < 4.78 is 6.83. The van der Waals surface area contributed by atoms with Crippen molar-refractivity contribution in [2.24, 2.45) is 5.92 Å². The zero-order valence-corrected chi connectivity index (χ0v) is 11.2. The summed E-state index contributed by atoms with van der Waals surface area (Å²) in [6.45, 7) is 3.58. The minimum Gasteiger partial charge on any atom is -0.481 e. The number of pyridine rings is 1. The summed E-state index contributed by atoms with van der Waals surface area (Å²) in [5.41, 5.74) is 2.04. The summed E-state index contributed by atoms with van der Waals surface area (Å²) in [7, 11) is 1.55. The average molecular weight is 260 g/mol. The molecular weight excluding hydrogens is 244 g/mol. The maximum atomic E-state index is 12.2.